The van der Waals surface area contributed by atoms with Gasteiger partial charge in [-0.2, -0.15) is 0 Å². The lowest BCUT2D eigenvalue weighted by atomic mass is 10.2. The van der Waals surface area contributed by atoms with E-state index in [0.29, 0.717) is 6.54 Å². The molecule has 0 unspecified atom stereocenters. The number of carbonyl (C=O) groups excluding carboxylic acids is 3. The van der Waals surface area contributed by atoms with Gasteiger partial charge < -0.3 is 15.1 Å². The van der Waals surface area contributed by atoms with E-state index in [2.05, 4.69) is 10.6 Å². The van der Waals surface area contributed by atoms with Crippen LogP contribution < -0.4 is 10.6 Å². The van der Waals surface area contributed by atoms with Gasteiger partial charge in [-0.1, -0.05) is 0 Å². The Bertz CT molecular complexity index is 565. The summed E-state index contributed by atoms with van der Waals surface area (Å²) in [6, 6.07) is 3.07. The van der Waals surface area contributed by atoms with Crippen LogP contribution in [-0.2, 0) is 9.59 Å². The second-order valence-electron chi connectivity index (χ2n) is 5.37. The van der Waals surface area contributed by atoms with Crippen molar-refractivity contribution in [3.63, 3.8) is 0 Å². The highest BCUT2D eigenvalue weighted by Gasteiger charge is 2.30. The third-order valence-electron chi connectivity index (χ3n) is 3.44. The van der Waals surface area contributed by atoms with Crippen molar-refractivity contribution < 1.29 is 18.8 Å². The predicted molar refractivity (Wildman–Crippen MR) is 78.0 cm³/mol. The number of imide groups is 1. The average Bonchev–Trinajstić information content (AvgIpc) is 2.99. The average molecular weight is 308 g/mol. The molecular formula is C14H20N4O4. The maximum atomic E-state index is 11.9. The van der Waals surface area contributed by atoms with Crippen molar-refractivity contribution in [1.82, 2.24) is 20.4 Å². The van der Waals surface area contributed by atoms with Crippen LogP contribution in [0.15, 0.2) is 16.5 Å². The first-order valence-electron chi connectivity index (χ1n) is 6.96. The van der Waals surface area contributed by atoms with E-state index in [1.807, 2.05) is 38.1 Å². The number of carbonyl (C=O) groups is 3. The molecule has 2 rings (SSSR count). The number of nitrogens with one attached hydrogen (secondary N) is 2. The largest absolute Gasteiger partial charge is 0.465 e. The Morgan fingerprint density at radius 3 is 2.68 bits per heavy atom. The van der Waals surface area contributed by atoms with Crippen LogP contribution in [0, 0.1) is 6.92 Å². The Hall–Kier alpha value is -2.35. The Labute approximate surface area is 128 Å². The van der Waals surface area contributed by atoms with Crippen LogP contribution in [0.5, 0.6) is 0 Å². The van der Waals surface area contributed by atoms with Crippen LogP contribution in [0.25, 0.3) is 0 Å². The molecular weight excluding hydrogens is 288 g/mol. The lowest BCUT2D eigenvalue weighted by Gasteiger charge is -2.23. The van der Waals surface area contributed by atoms with Crippen molar-refractivity contribution in [3.8, 4) is 0 Å². The summed E-state index contributed by atoms with van der Waals surface area (Å²) in [5.41, 5.74) is 0. The molecule has 1 saturated heterocycles. The highest BCUT2D eigenvalue weighted by atomic mass is 16.3. The fourth-order valence-corrected chi connectivity index (χ4v) is 2.20. The maximum absolute atomic E-state index is 11.9. The molecule has 1 atom stereocenters. The van der Waals surface area contributed by atoms with Crippen molar-refractivity contribution in [2.45, 2.75) is 13.0 Å². The highest BCUT2D eigenvalue weighted by Crippen LogP contribution is 2.19. The van der Waals surface area contributed by atoms with Gasteiger partial charge in [-0.05, 0) is 33.2 Å². The molecule has 0 saturated carbocycles. The van der Waals surface area contributed by atoms with Crippen molar-refractivity contribution in [2.75, 3.05) is 33.7 Å². The van der Waals surface area contributed by atoms with E-state index in [1.165, 1.54) is 0 Å². The predicted octanol–water partition coefficient (Wildman–Crippen LogP) is -0.141. The van der Waals surface area contributed by atoms with Gasteiger partial charge in [0.25, 0.3) is 5.91 Å². The third-order valence-corrected chi connectivity index (χ3v) is 3.44. The lowest BCUT2D eigenvalue weighted by Crippen LogP contribution is -2.43. The SMILES string of the molecule is Cc1ccc([C@H](CNC(=O)CN2C(=O)CNC2=O)N(C)C)o1. The van der Waals surface area contributed by atoms with Gasteiger partial charge >= 0.3 is 6.03 Å². The maximum Gasteiger partial charge on any atom is 0.325 e. The molecule has 2 N–H and O–H groups in total. The number of urea groups is 1. The molecule has 0 aliphatic carbocycles. The van der Waals surface area contributed by atoms with Crippen LogP contribution in [0.3, 0.4) is 0 Å². The summed E-state index contributed by atoms with van der Waals surface area (Å²) < 4.78 is 5.59. The number of hydrogen-bond donors (Lipinski definition) is 2. The van der Waals surface area contributed by atoms with Gasteiger partial charge in [-0.25, -0.2) is 4.79 Å². The number of rotatable bonds is 6. The summed E-state index contributed by atoms with van der Waals surface area (Å²) >= 11 is 0. The number of hydrogen-bond acceptors (Lipinski definition) is 5. The molecule has 8 heteroatoms. The Morgan fingerprint density at radius 2 is 2.18 bits per heavy atom. The first kappa shape index (κ1) is 16.0. The molecule has 1 aromatic heterocycles. The molecule has 8 nitrogen and oxygen atoms in total. The molecule has 22 heavy (non-hydrogen) atoms. The molecule has 4 amide bonds. The van der Waals surface area contributed by atoms with E-state index in [1.54, 1.807) is 0 Å². The van der Waals surface area contributed by atoms with Crippen molar-refractivity contribution in [2.24, 2.45) is 0 Å². The number of likely N-dealkylation sites (N-methyl/N-ethyl adjacent to an activating group) is 1. The summed E-state index contributed by atoms with van der Waals surface area (Å²) in [6.45, 7) is 1.84. The molecule has 0 aromatic carbocycles. The first-order valence-corrected chi connectivity index (χ1v) is 6.96. The first-order chi connectivity index (χ1) is 10.4. The fraction of sp³-hybridized carbons (Fsp3) is 0.500. The van der Waals surface area contributed by atoms with E-state index in [4.69, 9.17) is 4.42 Å². The number of aryl methyl sites for hydroxylation is 1. The van der Waals surface area contributed by atoms with Gasteiger partial charge in [0.05, 0.1) is 12.6 Å². The standard InChI is InChI=1S/C14H20N4O4/c1-9-4-5-11(22-9)10(17(2)3)6-15-12(19)8-18-13(20)7-16-14(18)21/h4-5,10H,6-8H2,1-3H3,(H,15,19)(H,16,21)/t10-/m0/s1. The second-order valence-corrected chi connectivity index (χ2v) is 5.37. The minimum atomic E-state index is -0.536. The summed E-state index contributed by atoms with van der Waals surface area (Å²) in [5, 5.41) is 5.10. The van der Waals surface area contributed by atoms with Crippen molar-refractivity contribution in [1.29, 1.82) is 0 Å². The van der Waals surface area contributed by atoms with E-state index in [-0.39, 0.29) is 25.0 Å². The zero-order valence-electron chi connectivity index (χ0n) is 12.9. The quantitative estimate of drug-likeness (QED) is 0.713. The second kappa shape index (κ2) is 6.61. The molecule has 1 aliphatic rings. The Morgan fingerprint density at radius 1 is 1.45 bits per heavy atom. The smallest absolute Gasteiger partial charge is 0.325 e. The molecule has 120 valence electrons. The fourth-order valence-electron chi connectivity index (χ4n) is 2.20. The number of amides is 4. The summed E-state index contributed by atoms with van der Waals surface area (Å²) in [5.74, 6) is 0.761. The van der Waals surface area contributed by atoms with Gasteiger partial charge in [0.15, 0.2) is 0 Å². The molecule has 1 fully saturated rings. The molecule has 0 spiro atoms. The Kier molecular flexibility index (Phi) is 4.81. The molecule has 0 bridgehead atoms. The van der Waals surface area contributed by atoms with Gasteiger partial charge in [0, 0.05) is 6.54 Å². The molecule has 1 aliphatic heterocycles. The van der Waals surface area contributed by atoms with E-state index in [0.717, 1.165) is 16.4 Å². The van der Waals surface area contributed by atoms with E-state index in [9.17, 15) is 14.4 Å². The summed E-state index contributed by atoms with van der Waals surface area (Å²) in [7, 11) is 3.76. The topological polar surface area (TPSA) is 94.9 Å². The summed E-state index contributed by atoms with van der Waals surface area (Å²) in [6.07, 6.45) is 0. The van der Waals surface area contributed by atoms with Crippen LogP contribution in [0.4, 0.5) is 4.79 Å². The van der Waals surface area contributed by atoms with Gasteiger partial charge in [0.1, 0.15) is 18.1 Å². The van der Waals surface area contributed by atoms with Crippen LogP contribution in [-0.4, -0.2) is 61.4 Å². The molecule has 2 heterocycles. The highest BCUT2D eigenvalue weighted by molar-refractivity contribution is 6.04. The van der Waals surface area contributed by atoms with Crippen molar-refractivity contribution >= 4 is 17.8 Å². The van der Waals surface area contributed by atoms with E-state index < -0.39 is 11.9 Å². The van der Waals surface area contributed by atoms with Gasteiger partial charge in [0.2, 0.25) is 5.91 Å². The van der Waals surface area contributed by atoms with Crippen LogP contribution in [0.1, 0.15) is 17.6 Å². The minimum Gasteiger partial charge on any atom is -0.465 e. The van der Waals surface area contributed by atoms with E-state index >= 15 is 0 Å². The lowest BCUT2D eigenvalue weighted by molar-refractivity contribution is -0.130. The molecule has 1 aromatic rings. The zero-order chi connectivity index (χ0) is 16.3. The normalized spacial score (nSPS) is 16.1. The minimum absolute atomic E-state index is 0.0574. The van der Waals surface area contributed by atoms with Gasteiger partial charge in [-0.15, -0.1) is 0 Å². The van der Waals surface area contributed by atoms with Crippen LogP contribution in [0.2, 0.25) is 0 Å². The summed E-state index contributed by atoms with van der Waals surface area (Å²) in [4.78, 5) is 37.6. The monoisotopic (exact) mass is 308 g/mol. The van der Waals surface area contributed by atoms with Crippen LogP contribution >= 0.6 is 0 Å². The van der Waals surface area contributed by atoms with Gasteiger partial charge in [-0.3, -0.25) is 19.4 Å². The number of furan rings is 1. The third kappa shape index (κ3) is 3.64. The Balaban J connectivity index is 1.91. The molecule has 0 radical (unpaired) electrons. The number of nitrogens with zero attached hydrogens (tertiary/aromatic N) is 2. The van der Waals surface area contributed by atoms with Crippen molar-refractivity contribution in [3.05, 3.63) is 23.7 Å². The zero-order valence-corrected chi connectivity index (χ0v) is 12.9.